The van der Waals surface area contributed by atoms with E-state index in [2.05, 4.69) is 12.2 Å². The number of carbonyl (C=O) groups is 4. The van der Waals surface area contributed by atoms with Crippen LogP contribution in [0.4, 0.5) is 0 Å². The molecule has 4 amide bonds. The number of imide groups is 1. The number of benzene rings is 3. The maximum absolute atomic E-state index is 13.8. The largest absolute Gasteiger partial charge is 0.497 e. The van der Waals surface area contributed by atoms with Gasteiger partial charge in [-0.3, -0.25) is 24.1 Å². The number of methoxy groups -OCH3 is 1. The third-order valence-corrected chi connectivity index (χ3v) is 7.24. The highest BCUT2D eigenvalue weighted by molar-refractivity contribution is 6.21. The van der Waals surface area contributed by atoms with Gasteiger partial charge >= 0.3 is 0 Å². The van der Waals surface area contributed by atoms with Crippen LogP contribution in [-0.4, -0.2) is 59.7 Å². The highest BCUT2D eigenvalue weighted by Crippen LogP contribution is 2.24. The molecule has 8 nitrogen and oxygen atoms in total. The molecule has 0 radical (unpaired) electrons. The fourth-order valence-corrected chi connectivity index (χ4v) is 5.00. The molecule has 0 saturated heterocycles. The van der Waals surface area contributed by atoms with Crippen molar-refractivity contribution in [2.24, 2.45) is 0 Å². The second-order valence-electron chi connectivity index (χ2n) is 10.1. The third kappa shape index (κ3) is 7.39. The van der Waals surface area contributed by atoms with Crippen LogP contribution in [0, 0.1) is 0 Å². The average molecular weight is 556 g/mol. The summed E-state index contributed by atoms with van der Waals surface area (Å²) in [5, 5.41) is 3.02. The van der Waals surface area contributed by atoms with E-state index in [0.717, 1.165) is 24.0 Å². The summed E-state index contributed by atoms with van der Waals surface area (Å²) in [4.78, 5) is 55.8. The molecule has 1 unspecified atom stereocenters. The van der Waals surface area contributed by atoms with Crippen molar-refractivity contribution >= 4 is 23.6 Å². The molecule has 0 fully saturated rings. The van der Waals surface area contributed by atoms with Crippen LogP contribution in [0.25, 0.3) is 0 Å². The number of ether oxygens (including phenoxy) is 1. The maximum atomic E-state index is 13.8. The SMILES string of the molecule is CCCCNC(=O)C(Cc1ccccc1)N(Cc1cccc(OC)c1)C(=O)CCCN1C(=O)c2ccccc2C1=O. The summed E-state index contributed by atoms with van der Waals surface area (Å²) < 4.78 is 5.38. The second-order valence-corrected chi connectivity index (χ2v) is 10.1. The molecule has 0 spiro atoms. The van der Waals surface area contributed by atoms with Crippen molar-refractivity contribution < 1.29 is 23.9 Å². The van der Waals surface area contributed by atoms with E-state index in [9.17, 15) is 19.2 Å². The van der Waals surface area contributed by atoms with E-state index in [-0.39, 0.29) is 49.6 Å². The molecule has 3 aromatic carbocycles. The van der Waals surface area contributed by atoms with Crippen molar-refractivity contribution in [2.75, 3.05) is 20.2 Å². The third-order valence-electron chi connectivity index (χ3n) is 7.24. The van der Waals surface area contributed by atoms with Gasteiger partial charge in [-0.15, -0.1) is 0 Å². The highest BCUT2D eigenvalue weighted by atomic mass is 16.5. The molecule has 1 heterocycles. The van der Waals surface area contributed by atoms with Crippen LogP contribution >= 0.6 is 0 Å². The molecule has 41 heavy (non-hydrogen) atoms. The first-order valence-corrected chi connectivity index (χ1v) is 14.1. The van der Waals surface area contributed by atoms with Crippen molar-refractivity contribution in [3.05, 3.63) is 101 Å². The molecule has 1 N–H and O–H groups in total. The van der Waals surface area contributed by atoms with Crippen molar-refractivity contribution in [3.63, 3.8) is 0 Å². The Labute approximate surface area is 241 Å². The molecule has 214 valence electrons. The summed E-state index contributed by atoms with van der Waals surface area (Å²) in [5.74, 6) is -0.463. The molecule has 0 bridgehead atoms. The van der Waals surface area contributed by atoms with E-state index >= 15 is 0 Å². The van der Waals surface area contributed by atoms with Gasteiger partial charge in [-0.25, -0.2) is 0 Å². The minimum atomic E-state index is -0.743. The topological polar surface area (TPSA) is 96.0 Å². The lowest BCUT2D eigenvalue weighted by atomic mass is 10.0. The molecule has 1 atom stereocenters. The van der Waals surface area contributed by atoms with Crippen molar-refractivity contribution in [3.8, 4) is 5.75 Å². The Balaban J connectivity index is 1.54. The minimum Gasteiger partial charge on any atom is -0.497 e. The number of rotatable bonds is 14. The molecule has 4 rings (SSSR count). The number of carbonyl (C=O) groups excluding carboxylic acids is 4. The lowest BCUT2D eigenvalue weighted by molar-refractivity contribution is -0.141. The predicted octanol–water partition coefficient (Wildman–Crippen LogP) is 4.63. The monoisotopic (exact) mass is 555 g/mol. The van der Waals surface area contributed by atoms with Crippen LogP contribution < -0.4 is 10.1 Å². The van der Waals surface area contributed by atoms with Gasteiger partial charge in [0, 0.05) is 32.5 Å². The van der Waals surface area contributed by atoms with E-state index in [0.29, 0.717) is 29.8 Å². The fraction of sp³-hybridized carbons (Fsp3) is 0.333. The van der Waals surface area contributed by atoms with Crippen LogP contribution in [0.15, 0.2) is 78.9 Å². The summed E-state index contributed by atoms with van der Waals surface area (Å²) in [6, 6.07) is 23.1. The van der Waals surface area contributed by atoms with Gasteiger partial charge in [-0.05, 0) is 48.2 Å². The summed E-state index contributed by atoms with van der Waals surface area (Å²) in [6.45, 7) is 2.92. The number of hydrogen-bond acceptors (Lipinski definition) is 5. The lowest BCUT2D eigenvalue weighted by Crippen LogP contribution is -2.50. The number of amides is 4. The molecular formula is C33H37N3O5. The van der Waals surface area contributed by atoms with Crippen molar-refractivity contribution in [2.45, 2.75) is 51.6 Å². The number of nitrogens with one attached hydrogen (secondary N) is 1. The number of fused-ring (bicyclic) bond motifs is 1. The first kappa shape index (κ1) is 29.5. The van der Waals surface area contributed by atoms with Gasteiger partial charge in [0.05, 0.1) is 18.2 Å². The number of unbranched alkanes of at least 4 members (excludes halogenated alkanes) is 1. The quantitative estimate of drug-likeness (QED) is 0.231. The number of hydrogen-bond donors (Lipinski definition) is 1. The zero-order chi connectivity index (χ0) is 29.2. The molecular weight excluding hydrogens is 518 g/mol. The Kier molecular flexibility index (Phi) is 10.3. The number of nitrogens with zero attached hydrogens (tertiary/aromatic N) is 2. The smallest absolute Gasteiger partial charge is 0.261 e. The van der Waals surface area contributed by atoms with E-state index in [1.165, 1.54) is 4.90 Å². The summed E-state index contributed by atoms with van der Waals surface area (Å²) >= 11 is 0. The van der Waals surface area contributed by atoms with Gasteiger partial charge in [0.2, 0.25) is 11.8 Å². The standard InChI is InChI=1S/C33H37N3O5/c1-3-4-19-34-31(38)29(22-24-12-6-5-7-13-24)36(23-25-14-10-15-26(21-25)41-2)30(37)18-11-20-35-32(39)27-16-8-9-17-28(27)33(35)40/h5-10,12-17,21,29H,3-4,11,18-20,22-23H2,1-2H3,(H,34,38). The Morgan fingerprint density at radius 3 is 2.20 bits per heavy atom. The molecule has 8 heteroatoms. The van der Waals surface area contributed by atoms with E-state index in [4.69, 9.17) is 4.74 Å². The van der Waals surface area contributed by atoms with Crippen LogP contribution in [0.3, 0.4) is 0 Å². The van der Waals surface area contributed by atoms with Gasteiger partial charge in [0.15, 0.2) is 0 Å². The summed E-state index contributed by atoms with van der Waals surface area (Å²) in [7, 11) is 1.58. The molecule has 0 aliphatic carbocycles. The normalized spacial score (nSPS) is 13.1. The maximum Gasteiger partial charge on any atom is 0.261 e. The van der Waals surface area contributed by atoms with E-state index in [1.54, 1.807) is 36.3 Å². The Morgan fingerprint density at radius 1 is 0.878 bits per heavy atom. The first-order chi connectivity index (χ1) is 19.9. The summed E-state index contributed by atoms with van der Waals surface area (Å²) in [5.41, 5.74) is 2.54. The van der Waals surface area contributed by atoms with Gasteiger partial charge in [0.25, 0.3) is 11.8 Å². The van der Waals surface area contributed by atoms with Crippen molar-refractivity contribution in [1.82, 2.24) is 15.1 Å². The van der Waals surface area contributed by atoms with Gasteiger partial charge < -0.3 is 15.0 Å². The molecule has 0 aromatic heterocycles. The van der Waals surface area contributed by atoms with Crippen LogP contribution in [0.2, 0.25) is 0 Å². The van der Waals surface area contributed by atoms with Gasteiger partial charge in [-0.1, -0.05) is 67.9 Å². The highest BCUT2D eigenvalue weighted by Gasteiger charge is 2.35. The van der Waals surface area contributed by atoms with Gasteiger partial charge in [0.1, 0.15) is 11.8 Å². The Bertz CT molecular complexity index is 1340. The Hall–Kier alpha value is -4.46. The minimum absolute atomic E-state index is 0.0743. The molecule has 1 aliphatic heterocycles. The van der Waals surface area contributed by atoms with E-state index < -0.39 is 6.04 Å². The van der Waals surface area contributed by atoms with Crippen LogP contribution in [-0.2, 0) is 22.6 Å². The zero-order valence-electron chi connectivity index (χ0n) is 23.7. The molecule has 3 aromatic rings. The first-order valence-electron chi connectivity index (χ1n) is 14.1. The Morgan fingerprint density at radius 2 is 1.54 bits per heavy atom. The fourth-order valence-electron chi connectivity index (χ4n) is 5.00. The predicted molar refractivity (Wildman–Crippen MR) is 156 cm³/mol. The average Bonchev–Trinajstić information content (AvgIpc) is 3.24. The van der Waals surface area contributed by atoms with Crippen LogP contribution in [0.5, 0.6) is 5.75 Å². The van der Waals surface area contributed by atoms with Gasteiger partial charge in [-0.2, -0.15) is 0 Å². The van der Waals surface area contributed by atoms with E-state index in [1.807, 2.05) is 54.6 Å². The van der Waals surface area contributed by atoms with Crippen LogP contribution in [0.1, 0.15) is 64.4 Å². The molecule has 1 aliphatic rings. The second kappa shape index (κ2) is 14.3. The van der Waals surface area contributed by atoms with Crippen molar-refractivity contribution in [1.29, 1.82) is 0 Å². The zero-order valence-corrected chi connectivity index (χ0v) is 23.7. The molecule has 0 saturated carbocycles. The lowest BCUT2D eigenvalue weighted by Gasteiger charge is -2.32. The summed E-state index contributed by atoms with van der Waals surface area (Å²) in [6.07, 6.45) is 2.49.